The fourth-order valence-corrected chi connectivity index (χ4v) is 3.73. The van der Waals surface area contributed by atoms with Crippen LogP contribution in [-0.2, 0) is 9.84 Å². The van der Waals surface area contributed by atoms with E-state index in [9.17, 15) is 8.42 Å². The lowest BCUT2D eigenvalue weighted by Crippen LogP contribution is -2.31. The Morgan fingerprint density at radius 1 is 1.30 bits per heavy atom. The molecular formula is C16H25NO2S. The van der Waals surface area contributed by atoms with Crippen LogP contribution in [0.2, 0.25) is 0 Å². The zero-order valence-electron chi connectivity index (χ0n) is 12.4. The Morgan fingerprint density at radius 2 is 2.00 bits per heavy atom. The van der Waals surface area contributed by atoms with Gasteiger partial charge in [-0.1, -0.05) is 37.3 Å². The van der Waals surface area contributed by atoms with Gasteiger partial charge in [-0.2, -0.15) is 0 Å². The molecule has 1 aromatic rings. The maximum Gasteiger partial charge on any atom is 0.147 e. The van der Waals surface area contributed by atoms with Crippen LogP contribution in [0.4, 0.5) is 0 Å². The SMILES string of the molecule is CCNC(CCCS(C)(=O)=O)C1CC1c1ccccc1. The van der Waals surface area contributed by atoms with E-state index in [-0.39, 0.29) is 0 Å². The van der Waals surface area contributed by atoms with Crippen molar-refractivity contribution in [3.05, 3.63) is 35.9 Å². The first kappa shape index (κ1) is 15.5. The van der Waals surface area contributed by atoms with Crippen molar-refractivity contribution >= 4 is 9.84 Å². The molecule has 2 rings (SSSR count). The van der Waals surface area contributed by atoms with Crippen molar-refractivity contribution in [3.63, 3.8) is 0 Å². The summed E-state index contributed by atoms with van der Waals surface area (Å²) in [6, 6.07) is 11.1. The Hall–Kier alpha value is -0.870. The van der Waals surface area contributed by atoms with Gasteiger partial charge in [0, 0.05) is 18.1 Å². The predicted molar refractivity (Wildman–Crippen MR) is 83.7 cm³/mol. The summed E-state index contributed by atoms with van der Waals surface area (Å²) in [7, 11) is -2.83. The van der Waals surface area contributed by atoms with Crippen LogP contribution in [0.15, 0.2) is 30.3 Å². The minimum absolute atomic E-state index is 0.303. The van der Waals surface area contributed by atoms with Crippen molar-refractivity contribution in [2.75, 3.05) is 18.6 Å². The van der Waals surface area contributed by atoms with Gasteiger partial charge in [-0.05, 0) is 43.2 Å². The summed E-state index contributed by atoms with van der Waals surface area (Å²) in [5.41, 5.74) is 1.42. The van der Waals surface area contributed by atoms with Gasteiger partial charge < -0.3 is 5.32 Å². The van der Waals surface area contributed by atoms with Crippen molar-refractivity contribution in [2.24, 2.45) is 5.92 Å². The highest BCUT2D eigenvalue weighted by atomic mass is 32.2. The maximum absolute atomic E-state index is 11.2. The normalized spacial score (nSPS) is 23.5. The highest BCUT2D eigenvalue weighted by Gasteiger charge is 2.42. The third-order valence-corrected chi connectivity index (χ3v) is 5.11. The van der Waals surface area contributed by atoms with Crippen molar-refractivity contribution in [3.8, 4) is 0 Å². The Bertz CT molecular complexity index is 513. The molecule has 1 aliphatic carbocycles. The van der Waals surface area contributed by atoms with E-state index in [4.69, 9.17) is 0 Å². The molecular weight excluding hydrogens is 270 g/mol. The second-order valence-corrected chi connectivity index (χ2v) is 8.11. The first-order valence-electron chi connectivity index (χ1n) is 7.47. The molecule has 1 aromatic carbocycles. The Labute approximate surface area is 122 Å². The molecule has 0 spiro atoms. The zero-order chi connectivity index (χ0) is 14.6. The number of rotatable bonds is 8. The Kier molecular flexibility index (Phi) is 5.22. The van der Waals surface area contributed by atoms with E-state index in [0.717, 1.165) is 19.4 Å². The van der Waals surface area contributed by atoms with Crippen LogP contribution in [0, 0.1) is 5.92 Å². The molecule has 4 heteroatoms. The lowest BCUT2D eigenvalue weighted by molar-refractivity contribution is 0.434. The minimum atomic E-state index is -2.83. The van der Waals surface area contributed by atoms with E-state index in [2.05, 4.69) is 42.6 Å². The molecule has 3 unspecified atom stereocenters. The molecule has 3 atom stereocenters. The lowest BCUT2D eigenvalue weighted by atomic mass is 10.0. The Morgan fingerprint density at radius 3 is 2.60 bits per heavy atom. The van der Waals surface area contributed by atoms with E-state index in [1.807, 2.05) is 0 Å². The summed E-state index contributed by atoms with van der Waals surface area (Å²) in [4.78, 5) is 0. The summed E-state index contributed by atoms with van der Waals surface area (Å²) in [5.74, 6) is 1.62. The van der Waals surface area contributed by atoms with Gasteiger partial charge in [0.15, 0.2) is 0 Å². The van der Waals surface area contributed by atoms with E-state index in [1.165, 1.54) is 18.2 Å². The van der Waals surface area contributed by atoms with Crippen LogP contribution in [0.1, 0.15) is 37.7 Å². The molecule has 0 aliphatic heterocycles. The number of benzene rings is 1. The van der Waals surface area contributed by atoms with Crippen LogP contribution in [0.25, 0.3) is 0 Å². The summed E-state index contributed by atoms with van der Waals surface area (Å²) >= 11 is 0. The van der Waals surface area contributed by atoms with E-state index in [1.54, 1.807) is 0 Å². The fraction of sp³-hybridized carbons (Fsp3) is 0.625. The van der Waals surface area contributed by atoms with Gasteiger partial charge in [-0.15, -0.1) is 0 Å². The highest BCUT2D eigenvalue weighted by molar-refractivity contribution is 7.90. The first-order valence-corrected chi connectivity index (χ1v) is 9.53. The second kappa shape index (κ2) is 6.72. The minimum Gasteiger partial charge on any atom is -0.314 e. The quantitative estimate of drug-likeness (QED) is 0.802. The molecule has 0 radical (unpaired) electrons. The van der Waals surface area contributed by atoms with Crippen LogP contribution >= 0.6 is 0 Å². The smallest absolute Gasteiger partial charge is 0.147 e. The summed E-state index contributed by atoms with van der Waals surface area (Å²) in [6.45, 7) is 3.06. The molecule has 1 saturated carbocycles. The average Bonchev–Trinajstić information content (AvgIpc) is 3.17. The van der Waals surface area contributed by atoms with Crippen LogP contribution < -0.4 is 5.32 Å². The number of hydrogen-bond donors (Lipinski definition) is 1. The largest absolute Gasteiger partial charge is 0.314 e. The monoisotopic (exact) mass is 295 g/mol. The van der Waals surface area contributed by atoms with Crippen LogP contribution in [-0.4, -0.2) is 33.0 Å². The third kappa shape index (κ3) is 4.60. The van der Waals surface area contributed by atoms with E-state index >= 15 is 0 Å². The topological polar surface area (TPSA) is 46.2 Å². The lowest BCUT2D eigenvalue weighted by Gasteiger charge is -2.18. The highest BCUT2D eigenvalue weighted by Crippen LogP contribution is 2.50. The molecule has 3 nitrogen and oxygen atoms in total. The van der Waals surface area contributed by atoms with Gasteiger partial charge in [-0.25, -0.2) is 8.42 Å². The van der Waals surface area contributed by atoms with Gasteiger partial charge >= 0.3 is 0 Å². The van der Waals surface area contributed by atoms with Gasteiger partial charge in [-0.3, -0.25) is 0 Å². The van der Waals surface area contributed by atoms with E-state index < -0.39 is 9.84 Å². The van der Waals surface area contributed by atoms with Crippen molar-refractivity contribution in [2.45, 2.75) is 38.1 Å². The maximum atomic E-state index is 11.2. The van der Waals surface area contributed by atoms with Crippen LogP contribution in [0.3, 0.4) is 0 Å². The summed E-state index contributed by atoms with van der Waals surface area (Å²) in [5, 5.41) is 3.54. The number of sulfone groups is 1. The van der Waals surface area contributed by atoms with Crippen molar-refractivity contribution in [1.82, 2.24) is 5.32 Å². The molecule has 1 aliphatic rings. The molecule has 0 aromatic heterocycles. The number of nitrogens with one attached hydrogen (secondary N) is 1. The predicted octanol–water partition coefficient (Wildman–Crippen LogP) is 2.59. The van der Waals surface area contributed by atoms with Gasteiger partial charge in [0.1, 0.15) is 9.84 Å². The molecule has 0 bridgehead atoms. The van der Waals surface area contributed by atoms with Gasteiger partial charge in [0.05, 0.1) is 0 Å². The molecule has 0 saturated heterocycles. The summed E-state index contributed by atoms with van der Waals surface area (Å²) < 4.78 is 22.4. The van der Waals surface area contributed by atoms with Gasteiger partial charge in [0.25, 0.3) is 0 Å². The summed E-state index contributed by atoms with van der Waals surface area (Å²) in [6.07, 6.45) is 4.25. The van der Waals surface area contributed by atoms with E-state index in [0.29, 0.717) is 23.6 Å². The molecule has 1 N–H and O–H groups in total. The second-order valence-electron chi connectivity index (χ2n) is 5.85. The zero-order valence-corrected chi connectivity index (χ0v) is 13.2. The van der Waals surface area contributed by atoms with Crippen LogP contribution in [0.5, 0.6) is 0 Å². The molecule has 112 valence electrons. The fourth-order valence-electron chi connectivity index (χ4n) is 3.04. The van der Waals surface area contributed by atoms with Crippen molar-refractivity contribution in [1.29, 1.82) is 0 Å². The molecule has 0 heterocycles. The molecule has 1 fully saturated rings. The van der Waals surface area contributed by atoms with Crippen molar-refractivity contribution < 1.29 is 8.42 Å². The number of hydrogen-bond acceptors (Lipinski definition) is 3. The Balaban J connectivity index is 1.87. The first-order chi connectivity index (χ1) is 9.51. The van der Waals surface area contributed by atoms with Gasteiger partial charge in [0.2, 0.25) is 0 Å². The molecule has 0 amide bonds. The molecule has 20 heavy (non-hydrogen) atoms. The average molecular weight is 295 g/mol. The standard InChI is InChI=1S/C16H25NO2S/c1-3-17-16(10-7-11-20(2,18)19)15-12-14(15)13-8-5-4-6-9-13/h4-6,8-9,14-17H,3,7,10-12H2,1-2H3. The third-order valence-electron chi connectivity index (χ3n) is 4.08.